The maximum Gasteiger partial charge on any atom is 0.256 e. The largest absolute Gasteiger partial charge is 0.494 e. The third-order valence-corrected chi connectivity index (χ3v) is 5.05. The number of amides is 1. The van der Waals surface area contributed by atoms with Crippen LogP contribution in [0.15, 0.2) is 48.7 Å². The minimum atomic E-state index is -0.0907. The highest BCUT2D eigenvalue weighted by molar-refractivity contribution is 6.13. The molecule has 0 unspecified atom stereocenters. The van der Waals surface area contributed by atoms with E-state index in [1.54, 1.807) is 0 Å². The minimum absolute atomic E-state index is 0.0907. The van der Waals surface area contributed by atoms with Gasteiger partial charge in [-0.05, 0) is 74.8 Å². The number of anilines is 1. The number of ether oxygens (including phenoxy) is 1. The summed E-state index contributed by atoms with van der Waals surface area (Å²) in [5.74, 6) is 0.711. The van der Waals surface area contributed by atoms with Crippen LogP contribution in [0, 0.1) is 0 Å². The lowest BCUT2D eigenvalue weighted by Gasteiger charge is -2.14. The van der Waals surface area contributed by atoms with Crippen LogP contribution in [-0.2, 0) is 6.54 Å². The predicted octanol–water partition coefficient (Wildman–Crippen LogP) is 4.41. The van der Waals surface area contributed by atoms with E-state index in [1.165, 1.54) is 18.4 Å². The number of hydrogen-bond acceptors (Lipinski definition) is 3. The fourth-order valence-electron chi connectivity index (χ4n) is 3.75. The molecule has 2 heterocycles. The Morgan fingerprint density at radius 3 is 2.67 bits per heavy atom. The topological polar surface area (TPSA) is 57.4 Å². The summed E-state index contributed by atoms with van der Waals surface area (Å²) in [5.41, 5.74) is 3.65. The maximum atomic E-state index is 13.0. The van der Waals surface area contributed by atoms with Gasteiger partial charge >= 0.3 is 0 Å². The molecule has 140 valence electrons. The van der Waals surface area contributed by atoms with Gasteiger partial charge in [0.1, 0.15) is 5.75 Å². The smallest absolute Gasteiger partial charge is 0.256 e. The van der Waals surface area contributed by atoms with E-state index < -0.39 is 0 Å². The Balaban J connectivity index is 1.58. The number of likely N-dealkylation sites (tertiary alicyclic amines) is 1. The van der Waals surface area contributed by atoms with Crippen LogP contribution in [0.1, 0.15) is 35.7 Å². The summed E-state index contributed by atoms with van der Waals surface area (Å²) in [6, 6.07) is 13.3. The number of rotatable bonds is 6. The fraction of sp³-hybridized carbons (Fsp3) is 0.318. The number of aromatic amines is 1. The normalized spacial score (nSPS) is 14.6. The van der Waals surface area contributed by atoms with Crippen molar-refractivity contribution in [2.45, 2.75) is 26.3 Å². The van der Waals surface area contributed by atoms with Crippen molar-refractivity contribution in [3.8, 4) is 5.75 Å². The molecule has 1 aromatic heterocycles. The van der Waals surface area contributed by atoms with Gasteiger partial charge in [-0.2, -0.15) is 0 Å². The van der Waals surface area contributed by atoms with Crippen LogP contribution < -0.4 is 10.1 Å². The summed E-state index contributed by atoms with van der Waals surface area (Å²) < 4.78 is 5.46. The molecule has 0 radical (unpaired) electrons. The lowest BCUT2D eigenvalue weighted by atomic mass is 10.0. The molecule has 2 aromatic carbocycles. The molecule has 0 aliphatic carbocycles. The molecule has 1 fully saturated rings. The van der Waals surface area contributed by atoms with E-state index in [1.807, 2.05) is 55.6 Å². The lowest BCUT2D eigenvalue weighted by molar-refractivity contribution is 0.102. The number of carbonyl (C=O) groups is 1. The fourth-order valence-corrected chi connectivity index (χ4v) is 3.75. The quantitative estimate of drug-likeness (QED) is 0.682. The Morgan fingerprint density at radius 2 is 1.93 bits per heavy atom. The van der Waals surface area contributed by atoms with E-state index in [4.69, 9.17) is 4.74 Å². The summed E-state index contributed by atoms with van der Waals surface area (Å²) in [5, 5.41) is 4.03. The van der Waals surface area contributed by atoms with E-state index in [2.05, 4.69) is 15.2 Å². The Kier molecular flexibility index (Phi) is 5.12. The van der Waals surface area contributed by atoms with Crippen molar-refractivity contribution in [2.24, 2.45) is 0 Å². The molecular weight excluding hydrogens is 338 g/mol. The molecule has 1 saturated heterocycles. The van der Waals surface area contributed by atoms with E-state index in [9.17, 15) is 4.79 Å². The Hall–Kier alpha value is -2.79. The van der Waals surface area contributed by atoms with Crippen LogP contribution in [0.3, 0.4) is 0 Å². The summed E-state index contributed by atoms with van der Waals surface area (Å²) >= 11 is 0. The molecule has 27 heavy (non-hydrogen) atoms. The molecule has 0 saturated carbocycles. The van der Waals surface area contributed by atoms with Crippen molar-refractivity contribution < 1.29 is 9.53 Å². The van der Waals surface area contributed by atoms with Gasteiger partial charge < -0.3 is 15.0 Å². The molecular formula is C22H25N3O2. The molecule has 1 aliphatic heterocycles. The van der Waals surface area contributed by atoms with Gasteiger partial charge in [0, 0.05) is 34.9 Å². The van der Waals surface area contributed by atoms with Gasteiger partial charge in [-0.15, -0.1) is 0 Å². The van der Waals surface area contributed by atoms with E-state index in [-0.39, 0.29) is 5.91 Å². The van der Waals surface area contributed by atoms with Gasteiger partial charge in [-0.1, -0.05) is 6.07 Å². The molecule has 2 N–H and O–H groups in total. The second kappa shape index (κ2) is 7.84. The van der Waals surface area contributed by atoms with Gasteiger partial charge in [-0.25, -0.2) is 0 Å². The number of hydrogen-bond donors (Lipinski definition) is 2. The van der Waals surface area contributed by atoms with Crippen LogP contribution >= 0.6 is 0 Å². The van der Waals surface area contributed by atoms with Crippen molar-refractivity contribution in [1.82, 2.24) is 9.88 Å². The molecule has 4 rings (SSSR count). The Labute approximate surface area is 159 Å². The third kappa shape index (κ3) is 3.83. The molecule has 1 aliphatic rings. The van der Waals surface area contributed by atoms with Crippen molar-refractivity contribution in [3.63, 3.8) is 0 Å². The van der Waals surface area contributed by atoms with Crippen LogP contribution in [0.2, 0.25) is 0 Å². The van der Waals surface area contributed by atoms with E-state index in [0.717, 1.165) is 42.0 Å². The molecule has 0 atom stereocenters. The zero-order chi connectivity index (χ0) is 18.6. The third-order valence-electron chi connectivity index (χ3n) is 5.05. The molecule has 5 heteroatoms. The van der Waals surface area contributed by atoms with Crippen LogP contribution in [0.4, 0.5) is 5.69 Å². The lowest BCUT2D eigenvalue weighted by Crippen LogP contribution is -2.19. The highest BCUT2D eigenvalue weighted by Gasteiger charge is 2.18. The first-order chi connectivity index (χ1) is 13.2. The summed E-state index contributed by atoms with van der Waals surface area (Å²) in [6.45, 7) is 5.72. The SMILES string of the molecule is CCOc1ccc(NC(=O)c2cccc3[nH]cc(CN4CCCC4)c23)cc1. The number of H-pyrrole nitrogens is 1. The van der Waals surface area contributed by atoms with E-state index >= 15 is 0 Å². The first-order valence-electron chi connectivity index (χ1n) is 9.60. The van der Waals surface area contributed by atoms with Crippen LogP contribution in [-0.4, -0.2) is 35.5 Å². The number of carbonyl (C=O) groups excluding carboxylic acids is 1. The Bertz CT molecular complexity index is 924. The molecule has 5 nitrogen and oxygen atoms in total. The predicted molar refractivity (Wildman–Crippen MR) is 108 cm³/mol. The minimum Gasteiger partial charge on any atom is -0.494 e. The average Bonchev–Trinajstić information content (AvgIpc) is 3.34. The van der Waals surface area contributed by atoms with Gasteiger partial charge in [0.05, 0.1) is 6.61 Å². The van der Waals surface area contributed by atoms with Crippen LogP contribution in [0.5, 0.6) is 5.75 Å². The summed E-state index contributed by atoms with van der Waals surface area (Å²) in [6.07, 6.45) is 4.55. The van der Waals surface area contributed by atoms with Crippen molar-refractivity contribution in [2.75, 3.05) is 25.0 Å². The number of fused-ring (bicyclic) bond motifs is 1. The number of nitrogens with zero attached hydrogens (tertiary/aromatic N) is 1. The Morgan fingerprint density at radius 1 is 1.15 bits per heavy atom. The zero-order valence-electron chi connectivity index (χ0n) is 15.6. The van der Waals surface area contributed by atoms with Gasteiger partial charge in [-0.3, -0.25) is 9.69 Å². The second-order valence-electron chi connectivity index (χ2n) is 6.94. The number of benzene rings is 2. The van der Waals surface area contributed by atoms with Crippen LogP contribution in [0.25, 0.3) is 10.9 Å². The van der Waals surface area contributed by atoms with Gasteiger partial charge in [0.25, 0.3) is 5.91 Å². The maximum absolute atomic E-state index is 13.0. The first kappa shape index (κ1) is 17.6. The molecule has 0 bridgehead atoms. The standard InChI is InChI=1S/C22H25N3O2/c1-2-27-18-10-8-17(9-11-18)24-22(26)19-6-5-7-20-21(19)16(14-23-20)15-25-12-3-4-13-25/h5-11,14,23H,2-4,12-13,15H2,1H3,(H,24,26). The summed E-state index contributed by atoms with van der Waals surface area (Å²) in [4.78, 5) is 18.7. The molecule has 0 spiro atoms. The first-order valence-corrected chi connectivity index (χ1v) is 9.60. The monoisotopic (exact) mass is 363 g/mol. The molecule has 3 aromatic rings. The number of aromatic nitrogens is 1. The highest BCUT2D eigenvalue weighted by atomic mass is 16.5. The van der Waals surface area contributed by atoms with Gasteiger partial charge in [0.2, 0.25) is 0 Å². The second-order valence-corrected chi connectivity index (χ2v) is 6.94. The van der Waals surface area contributed by atoms with E-state index in [0.29, 0.717) is 12.2 Å². The van der Waals surface area contributed by atoms with Gasteiger partial charge in [0.15, 0.2) is 0 Å². The average molecular weight is 363 g/mol. The highest BCUT2D eigenvalue weighted by Crippen LogP contribution is 2.26. The van der Waals surface area contributed by atoms with Crippen molar-refractivity contribution in [3.05, 3.63) is 59.8 Å². The zero-order valence-corrected chi connectivity index (χ0v) is 15.6. The van der Waals surface area contributed by atoms with Crippen molar-refractivity contribution >= 4 is 22.5 Å². The number of nitrogens with one attached hydrogen (secondary N) is 2. The summed E-state index contributed by atoms with van der Waals surface area (Å²) in [7, 11) is 0. The van der Waals surface area contributed by atoms with Crippen molar-refractivity contribution in [1.29, 1.82) is 0 Å². The molecule has 1 amide bonds.